The number of hydrogen-bond acceptors (Lipinski definition) is 2. The minimum Gasteiger partial charge on any atom is -0.478 e. The molecule has 2 rings (SSSR count). The number of rotatable bonds is 4. The second kappa shape index (κ2) is 6.41. The Balaban J connectivity index is 2.21. The van der Waals surface area contributed by atoms with E-state index in [1.165, 1.54) is 23.9 Å². The van der Waals surface area contributed by atoms with Crippen LogP contribution < -0.4 is 0 Å². The highest BCUT2D eigenvalue weighted by atomic mass is 79.9. The molecule has 0 aromatic heterocycles. The lowest BCUT2D eigenvalue weighted by Gasteiger charge is -2.08. The second-order valence-corrected chi connectivity index (χ2v) is 6.07. The largest absolute Gasteiger partial charge is 0.478 e. The van der Waals surface area contributed by atoms with Gasteiger partial charge < -0.3 is 5.11 Å². The first-order chi connectivity index (χ1) is 9.50. The van der Waals surface area contributed by atoms with Crippen molar-refractivity contribution in [2.45, 2.75) is 17.6 Å². The van der Waals surface area contributed by atoms with Crippen molar-refractivity contribution >= 4 is 33.7 Å². The summed E-state index contributed by atoms with van der Waals surface area (Å²) in [5.74, 6) is -1.03. The van der Waals surface area contributed by atoms with Gasteiger partial charge in [-0.1, -0.05) is 24.3 Å². The molecular weight excluding hydrogens is 343 g/mol. The second-order valence-electron chi connectivity index (χ2n) is 4.26. The zero-order valence-corrected chi connectivity index (χ0v) is 13.1. The van der Waals surface area contributed by atoms with Crippen LogP contribution in [0, 0.1) is 12.7 Å². The van der Waals surface area contributed by atoms with Gasteiger partial charge in [0.25, 0.3) is 0 Å². The Kier molecular flexibility index (Phi) is 4.83. The zero-order valence-electron chi connectivity index (χ0n) is 10.7. The quantitative estimate of drug-likeness (QED) is 0.794. The van der Waals surface area contributed by atoms with Gasteiger partial charge >= 0.3 is 5.97 Å². The lowest BCUT2D eigenvalue weighted by Crippen LogP contribution is -2.00. The lowest BCUT2D eigenvalue weighted by molar-refractivity contribution is 0.0695. The number of carboxylic acid groups (broad SMARTS) is 1. The summed E-state index contributed by atoms with van der Waals surface area (Å²) < 4.78 is 14.1. The molecule has 0 bridgehead atoms. The molecule has 0 heterocycles. The average Bonchev–Trinajstić information content (AvgIpc) is 2.41. The summed E-state index contributed by atoms with van der Waals surface area (Å²) in [7, 11) is 0. The SMILES string of the molecule is Cc1ccccc1CSc1ccc(C(=O)O)c(Br)c1F. The summed E-state index contributed by atoms with van der Waals surface area (Å²) in [5.41, 5.74) is 2.22. The van der Waals surface area contributed by atoms with Gasteiger partial charge in [-0.25, -0.2) is 9.18 Å². The van der Waals surface area contributed by atoms with Crippen molar-refractivity contribution in [3.8, 4) is 0 Å². The Hall–Kier alpha value is -1.33. The van der Waals surface area contributed by atoms with Crippen molar-refractivity contribution in [1.29, 1.82) is 0 Å². The molecule has 0 saturated carbocycles. The average molecular weight is 355 g/mol. The van der Waals surface area contributed by atoms with Gasteiger partial charge in [-0.3, -0.25) is 0 Å². The summed E-state index contributed by atoms with van der Waals surface area (Å²) in [6.45, 7) is 2.01. The molecule has 0 unspecified atom stereocenters. The van der Waals surface area contributed by atoms with Crippen LogP contribution in [0.4, 0.5) is 4.39 Å². The zero-order chi connectivity index (χ0) is 14.7. The summed E-state index contributed by atoms with van der Waals surface area (Å²) in [4.78, 5) is 11.3. The Labute approximate surface area is 129 Å². The van der Waals surface area contributed by atoms with Crippen LogP contribution in [0.5, 0.6) is 0 Å². The highest BCUT2D eigenvalue weighted by molar-refractivity contribution is 9.10. The van der Waals surface area contributed by atoms with Gasteiger partial charge in [0.05, 0.1) is 10.0 Å². The maximum atomic E-state index is 14.1. The molecule has 0 fully saturated rings. The van der Waals surface area contributed by atoms with Gasteiger partial charge in [0.1, 0.15) is 0 Å². The van der Waals surface area contributed by atoms with Crippen molar-refractivity contribution in [2.75, 3.05) is 0 Å². The molecule has 2 aromatic rings. The number of aromatic carboxylic acids is 1. The third-order valence-corrected chi connectivity index (χ3v) is 4.78. The first-order valence-corrected chi connectivity index (χ1v) is 7.67. The number of carbonyl (C=O) groups is 1. The van der Waals surface area contributed by atoms with Crippen LogP contribution in [0.15, 0.2) is 45.8 Å². The molecule has 0 radical (unpaired) electrons. The summed E-state index contributed by atoms with van der Waals surface area (Å²) in [5, 5.41) is 8.92. The lowest BCUT2D eigenvalue weighted by atomic mass is 10.1. The normalized spacial score (nSPS) is 10.6. The van der Waals surface area contributed by atoms with Crippen molar-refractivity contribution < 1.29 is 14.3 Å². The van der Waals surface area contributed by atoms with E-state index < -0.39 is 11.8 Å². The number of aryl methyl sites for hydroxylation is 1. The maximum Gasteiger partial charge on any atom is 0.336 e. The fourth-order valence-corrected chi connectivity index (χ4v) is 3.41. The van der Waals surface area contributed by atoms with E-state index in [1.807, 2.05) is 31.2 Å². The summed E-state index contributed by atoms with van der Waals surface area (Å²) in [6.07, 6.45) is 0. The molecule has 104 valence electrons. The third kappa shape index (κ3) is 3.22. The van der Waals surface area contributed by atoms with Crippen LogP contribution in [0.25, 0.3) is 0 Å². The molecule has 2 aromatic carbocycles. The van der Waals surface area contributed by atoms with Gasteiger partial charge in [-0.15, -0.1) is 11.8 Å². The van der Waals surface area contributed by atoms with E-state index in [0.717, 1.165) is 11.1 Å². The topological polar surface area (TPSA) is 37.3 Å². The van der Waals surface area contributed by atoms with Gasteiger partial charge in [0, 0.05) is 10.6 Å². The van der Waals surface area contributed by atoms with Crippen LogP contribution in [0.1, 0.15) is 21.5 Å². The first-order valence-electron chi connectivity index (χ1n) is 5.89. The first kappa shape index (κ1) is 15.1. The Bertz CT molecular complexity index is 658. The van der Waals surface area contributed by atoms with Crippen molar-refractivity contribution in [3.63, 3.8) is 0 Å². The van der Waals surface area contributed by atoms with Crippen molar-refractivity contribution in [1.82, 2.24) is 0 Å². The van der Waals surface area contributed by atoms with E-state index in [9.17, 15) is 9.18 Å². The molecule has 0 aliphatic carbocycles. The Morgan fingerprint density at radius 1 is 1.30 bits per heavy atom. The van der Waals surface area contributed by atoms with Crippen LogP contribution in [0.3, 0.4) is 0 Å². The predicted octanol–water partition coefficient (Wildman–Crippen LogP) is 4.89. The predicted molar refractivity (Wildman–Crippen MR) is 81.8 cm³/mol. The molecule has 0 spiro atoms. The number of thioether (sulfide) groups is 1. The van der Waals surface area contributed by atoms with E-state index >= 15 is 0 Å². The highest BCUT2D eigenvalue weighted by Crippen LogP contribution is 2.32. The molecule has 0 aliphatic heterocycles. The van der Waals surface area contributed by atoms with Crippen LogP contribution in [-0.2, 0) is 5.75 Å². The van der Waals surface area contributed by atoms with E-state index in [4.69, 9.17) is 5.11 Å². The molecule has 20 heavy (non-hydrogen) atoms. The number of hydrogen-bond donors (Lipinski definition) is 1. The molecule has 0 aliphatic rings. The molecule has 1 N–H and O–H groups in total. The number of carboxylic acids is 1. The molecule has 0 amide bonds. The van der Waals surface area contributed by atoms with Gasteiger partial charge in [0.2, 0.25) is 0 Å². The Morgan fingerprint density at radius 2 is 2.00 bits per heavy atom. The van der Waals surface area contributed by atoms with E-state index in [0.29, 0.717) is 10.6 Å². The van der Waals surface area contributed by atoms with Crippen LogP contribution in [0.2, 0.25) is 0 Å². The third-order valence-electron chi connectivity index (χ3n) is 2.92. The molecule has 5 heteroatoms. The highest BCUT2D eigenvalue weighted by Gasteiger charge is 2.16. The van der Waals surface area contributed by atoms with Crippen LogP contribution >= 0.6 is 27.7 Å². The molecule has 0 atom stereocenters. The summed E-state index contributed by atoms with van der Waals surface area (Å²) >= 11 is 4.35. The smallest absolute Gasteiger partial charge is 0.336 e. The summed E-state index contributed by atoms with van der Waals surface area (Å²) in [6, 6.07) is 10.8. The van der Waals surface area contributed by atoms with E-state index in [2.05, 4.69) is 15.9 Å². The van der Waals surface area contributed by atoms with Gasteiger partial charge in [-0.05, 0) is 46.1 Å². The minimum absolute atomic E-state index is 0.000200. The monoisotopic (exact) mass is 354 g/mol. The van der Waals surface area contributed by atoms with Gasteiger partial charge in [0.15, 0.2) is 5.82 Å². The Morgan fingerprint density at radius 3 is 2.65 bits per heavy atom. The van der Waals surface area contributed by atoms with E-state index in [-0.39, 0.29) is 10.0 Å². The van der Waals surface area contributed by atoms with Crippen LogP contribution in [-0.4, -0.2) is 11.1 Å². The maximum absolute atomic E-state index is 14.1. The van der Waals surface area contributed by atoms with E-state index in [1.54, 1.807) is 0 Å². The molecule has 0 saturated heterocycles. The fraction of sp³-hybridized carbons (Fsp3) is 0.133. The van der Waals surface area contributed by atoms with Gasteiger partial charge in [-0.2, -0.15) is 0 Å². The minimum atomic E-state index is -1.15. The molecule has 2 nitrogen and oxygen atoms in total. The fourth-order valence-electron chi connectivity index (χ4n) is 1.74. The standard InChI is InChI=1S/C15H12BrFO2S/c1-9-4-2-3-5-10(9)8-20-12-7-6-11(15(18)19)13(16)14(12)17/h2-7H,8H2,1H3,(H,18,19). The van der Waals surface area contributed by atoms with Crippen molar-refractivity contribution in [3.05, 3.63) is 63.4 Å². The molecular formula is C15H12BrFO2S. The van der Waals surface area contributed by atoms with Crippen molar-refractivity contribution in [2.24, 2.45) is 0 Å². The number of halogens is 2. The number of benzene rings is 2.